The maximum atomic E-state index is 11.6. The van der Waals surface area contributed by atoms with Crippen LogP contribution >= 0.6 is 11.8 Å². The smallest absolute Gasteiger partial charge is 0.407 e. The Bertz CT molecular complexity index is 824. The second kappa shape index (κ2) is 39.0. The Hall–Kier alpha value is -1.68. The van der Waals surface area contributed by atoms with Crippen molar-refractivity contribution in [1.29, 1.82) is 0 Å². The average Bonchev–Trinajstić information content (AvgIpc) is 3.08. The zero-order chi connectivity index (χ0) is 38.2. The normalized spacial score (nSPS) is 11.5. The Morgan fingerprint density at radius 2 is 0.712 bits per heavy atom. The van der Waals surface area contributed by atoms with Crippen molar-refractivity contribution in [3.8, 4) is 0 Å². The van der Waals surface area contributed by atoms with Crippen LogP contribution in [0, 0.1) is 0 Å². The van der Waals surface area contributed by atoms with Gasteiger partial charge in [-0.05, 0) is 20.8 Å². The van der Waals surface area contributed by atoms with E-state index in [9.17, 15) is 14.4 Å². The molecule has 0 bridgehead atoms. The Balaban J connectivity index is 3.13. The Morgan fingerprint density at radius 1 is 0.442 bits per heavy atom. The molecule has 0 unspecified atom stereocenters. The second-order valence-electron chi connectivity index (χ2n) is 11.6. The van der Waals surface area contributed by atoms with Crippen LogP contribution in [0.5, 0.6) is 0 Å². The number of rotatable bonds is 39. The highest BCUT2D eigenvalue weighted by Gasteiger charge is 2.15. The minimum Gasteiger partial charge on any atom is -0.444 e. The van der Waals surface area contributed by atoms with Gasteiger partial charge in [0, 0.05) is 32.2 Å². The molecule has 18 heteroatoms. The van der Waals surface area contributed by atoms with E-state index in [1.54, 1.807) is 0 Å². The molecule has 308 valence electrons. The molecule has 2 N–H and O–H groups in total. The monoisotopic (exact) mass is 774 g/mol. The first kappa shape index (κ1) is 50.3. The number of ether oxygens (including phenoxy) is 12. The number of thioether (sulfide) groups is 1. The minimum absolute atomic E-state index is 0.0118. The van der Waals surface area contributed by atoms with Crippen molar-refractivity contribution in [2.75, 3.05) is 164 Å². The van der Waals surface area contributed by atoms with Crippen LogP contribution < -0.4 is 10.6 Å². The summed E-state index contributed by atoms with van der Waals surface area (Å²) >= 11 is 1.14. The van der Waals surface area contributed by atoms with Crippen molar-refractivity contribution in [1.82, 2.24) is 10.6 Å². The van der Waals surface area contributed by atoms with Gasteiger partial charge in [-0.25, -0.2) is 4.79 Å². The number of hydrogen-bond donors (Lipinski definition) is 2. The molecule has 0 aliphatic rings. The van der Waals surface area contributed by atoms with E-state index in [4.69, 9.17) is 56.8 Å². The highest BCUT2D eigenvalue weighted by Crippen LogP contribution is 2.06. The molecule has 0 aromatic rings. The maximum absolute atomic E-state index is 11.6. The largest absolute Gasteiger partial charge is 0.444 e. The van der Waals surface area contributed by atoms with Gasteiger partial charge in [-0.3, -0.25) is 9.59 Å². The van der Waals surface area contributed by atoms with Gasteiger partial charge >= 0.3 is 6.09 Å². The molecule has 0 aliphatic carbocycles. The fraction of sp³-hybridized carbons (Fsp3) is 0.912. The first-order chi connectivity index (χ1) is 25.2. The van der Waals surface area contributed by atoms with Crippen molar-refractivity contribution in [3.05, 3.63) is 0 Å². The molecule has 0 radical (unpaired) electrons. The molecule has 0 aliphatic heterocycles. The van der Waals surface area contributed by atoms with Gasteiger partial charge in [-0.2, -0.15) is 0 Å². The summed E-state index contributed by atoms with van der Waals surface area (Å²) in [7, 11) is 0. The predicted octanol–water partition coefficient (Wildman–Crippen LogP) is 1.48. The molecule has 2 amide bonds. The number of amides is 2. The summed E-state index contributed by atoms with van der Waals surface area (Å²) in [5.74, 6) is 0.402. The van der Waals surface area contributed by atoms with Crippen LogP contribution in [0.1, 0.15) is 34.1 Å². The predicted molar refractivity (Wildman–Crippen MR) is 194 cm³/mol. The van der Waals surface area contributed by atoms with E-state index in [0.717, 1.165) is 11.8 Å². The molecule has 0 spiro atoms. The van der Waals surface area contributed by atoms with Crippen molar-refractivity contribution < 1.29 is 71.2 Å². The average molecular weight is 775 g/mol. The van der Waals surface area contributed by atoms with Gasteiger partial charge in [-0.1, -0.05) is 11.8 Å². The fourth-order valence-corrected chi connectivity index (χ4v) is 4.05. The zero-order valence-electron chi connectivity index (χ0n) is 31.9. The van der Waals surface area contributed by atoms with Crippen LogP contribution in [0.15, 0.2) is 0 Å². The SMILES string of the molecule is CC(=O)SCCC(=O)NCCOCCOCCOCCOCCOCCOCCOCCOCCOCCOCCOCCNC(=O)OC(C)(C)C. The molecular weight excluding hydrogens is 708 g/mol. The summed E-state index contributed by atoms with van der Waals surface area (Å²) in [6.45, 7) is 17.9. The summed E-state index contributed by atoms with van der Waals surface area (Å²) in [5, 5.41) is 5.38. The molecule has 0 aromatic carbocycles. The lowest BCUT2D eigenvalue weighted by atomic mass is 10.2. The van der Waals surface area contributed by atoms with Crippen LogP contribution in [0.3, 0.4) is 0 Å². The number of alkyl carbamates (subject to hydrolysis) is 1. The standard InChI is InChI=1S/C34H66N2O15S/c1-31(37)52-30-5-32(38)35-6-8-40-10-12-42-14-16-44-18-20-46-22-24-48-26-28-50-29-27-49-25-23-47-21-19-45-17-15-43-13-11-41-9-7-36-33(39)51-34(2,3)4/h5-30H2,1-4H3,(H,35,38)(H,36,39). The van der Waals surface area contributed by atoms with E-state index < -0.39 is 11.7 Å². The maximum Gasteiger partial charge on any atom is 0.407 e. The van der Waals surface area contributed by atoms with Gasteiger partial charge in [0.05, 0.1) is 145 Å². The van der Waals surface area contributed by atoms with E-state index in [-0.39, 0.29) is 11.0 Å². The van der Waals surface area contributed by atoms with Crippen LogP contribution in [-0.2, 0) is 66.4 Å². The Labute approximate surface area is 314 Å². The molecule has 0 fully saturated rings. The van der Waals surface area contributed by atoms with Gasteiger partial charge in [-0.15, -0.1) is 0 Å². The molecule has 0 atom stereocenters. The van der Waals surface area contributed by atoms with Crippen LogP contribution in [0.4, 0.5) is 4.79 Å². The molecule has 0 heterocycles. The first-order valence-corrected chi connectivity index (χ1v) is 18.9. The Kier molecular flexibility index (Phi) is 37.8. The van der Waals surface area contributed by atoms with Crippen molar-refractivity contribution >= 4 is 28.9 Å². The summed E-state index contributed by atoms with van der Waals surface area (Å²) in [6, 6.07) is 0. The summed E-state index contributed by atoms with van der Waals surface area (Å²) < 4.78 is 65.1. The first-order valence-electron chi connectivity index (χ1n) is 17.9. The van der Waals surface area contributed by atoms with E-state index in [0.29, 0.717) is 171 Å². The van der Waals surface area contributed by atoms with Gasteiger partial charge in [0.2, 0.25) is 5.91 Å². The van der Waals surface area contributed by atoms with Crippen molar-refractivity contribution in [2.24, 2.45) is 0 Å². The van der Waals surface area contributed by atoms with Gasteiger partial charge in [0.15, 0.2) is 5.12 Å². The molecule has 0 rings (SSSR count). The summed E-state index contributed by atoms with van der Waals surface area (Å²) in [4.78, 5) is 33.9. The van der Waals surface area contributed by atoms with Crippen molar-refractivity contribution in [3.63, 3.8) is 0 Å². The van der Waals surface area contributed by atoms with Gasteiger partial charge in [0.1, 0.15) is 5.60 Å². The van der Waals surface area contributed by atoms with Crippen molar-refractivity contribution in [2.45, 2.75) is 39.7 Å². The summed E-state index contributed by atoms with van der Waals surface area (Å²) in [5.41, 5.74) is -0.517. The highest BCUT2D eigenvalue weighted by atomic mass is 32.2. The minimum atomic E-state index is -0.517. The van der Waals surface area contributed by atoms with Gasteiger partial charge < -0.3 is 67.5 Å². The molecule has 0 saturated carbocycles. The molecular formula is C34H66N2O15S. The Morgan fingerprint density at radius 3 is 0.981 bits per heavy atom. The zero-order valence-corrected chi connectivity index (χ0v) is 32.7. The third-order valence-electron chi connectivity index (χ3n) is 5.84. The number of carbonyl (C=O) groups excluding carboxylic acids is 3. The molecule has 17 nitrogen and oxygen atoms in total. The van der Waals surface area contributed by atoms with Gasteiger partial charge in [0.25, 0.3) is 0 Å². The third kappa shape index (κ3) is 44.5. The van der Waals surface area contributed by atoms with E-state index in [1.165, 1.54) is 6.92 Å². The van der Waals surface area contributed by atoms with E-state index in [1.807, 2.05) is 20.8 Å². The molecule has 0 aromatic heterocycles. The quantitative estimate of drug-likeness (QED) is 0.0855. The molecule has 0 saturated heterocycles. The topological polar surface area (TPSA) is 186 Å². The third-order valence-corrected chi connectivity index (χ3v) is 6.65. The number of nitrogens with one attached hydrogen (secondary N) is 2. The lowest BCUT2D eigenvalue weighted by Crippen LogP contribution is -2.34. The lowest BCUT2D eigenvalue weighted by molar-refractivity contribution is -0.120. The summed E-state index contributed by atoms with van der Waals surface area (Å²) in [6.07, 6.45) is -0.140. The molecule has 52 heavy (non-hydrogen) atoms. The lowest BCUT2D eigenvalue weighted by Gasteiger charge is -2.19. The fourth-order valence-electron chi connectivity index (χ4n) is 3.48. The van der Waals surface area contributed by atoms with E-state index >= 15 is 0 Å². The van der Waals surface area contributed by atoms with Crippen LogP contribution in [0.25, 0.3) is 0 Å². The number of carbonyl (C=O) groups is 3. The van der Waals surface area contributed by atoms with E-state index in [2.05, 4.69) is 10.6 Å². The highest BCUT2D eigenvalue weighted by molar-refractivity contribution is 8.13. The number of hydrogen-bond acceptors (Lipinski definition) is 16. The second-order valence-corrected chi connectivity index (χ2v) is 12.9. The van der Waals surface area contributed by atoms with Crippen LogP contribution in [-0.4, -0.2) is 187 Å². The van der Waals surface area contributed by atoms with Crippen LogP contribution in [0.2, 0.25) is 0 Å².